The Morgan fingerprint density at radius 2 is 1.96 bits per heavy atom. The molecule has 0 aromatic heterocycles. The Balaban J connectivity index is 1.56. The highest BCUT2D eigenvalue weighted by molar-refractivity contribution is 5.91. The normalized spacial score (nSPS) is 46.3. The SMILES string of the molecule is CC12CCC(=O)C=C1CC(O)C1C2CCC2(C)C(CCCC(=O)O)CCC12. The Morgan fingerprint density at radius 3 is 2.70 bits per heavy atom. The molecule has 0 aromatic carbocycles. The smallest absolute Gasteiger partial charge is 0.303 e. The van der Waals surface area contributed by atoms with Crippen LogP contribution in [0, 0.1) is 34.5 Å². The number of fused-ring (bicyclic) bond motifs is 5. The minimum absolute atomic E-state index is 0.0839. The second-order valence-electron chi connectivity index (χ2n) is 10.2. The molecule has 4 nitrogen and oxygen atoms in total. The van der Waals surface area contributed by atoms with Gasteiger partial charge in [-0.25, -0.2) is 0 Å². The number of rotatable bonds is 4. The molecule has 4 heteroatoms. The van der Waals surface area contributed by atoms with Crippen LogP contribution in [0.15, 0.2) is 11.6 Å². The van der Waals surface area contributed by atoms with Gasteiger partial charge in [0, 0.05) is 12.8 Å². The first-order chi connectivity index (χ1) is 12.8. The lowest BCUT2D eigenvalue weighted by atomic mass is 9.46. The van der Waals surface area contributed by atoms with Crippen molar-refractivity contribution in [3.8, 4) is 0 Å². The summed E-state index contributed by atoms with van der Waals surface area (Å²) in [4.78, 5) is 22.8. The van der Waals surface area contributed by atoms with Gasteiger partial charge in [0.15, 0.2) is 5.78 Å². The molecule has 0 heterocycles. The Bertz CT molecular complexity index is 667. The van der Waals surface area contributed by atoms with Gasteiger partial charge in [-0.1, -0.05) is 19.4 Å². The number of ketones is 1. The molecule has 4 rings (SSSR count). The zero-order valence-corrected chi connectivity index (χ0v) is 16.7. The highest BCUT2D eigenvalue weighted by Crippen LogP contribution is 2.67. The summed E-state index contributed by atoms with van der Waals surface area (Å²) in [7, 11) is 0. The number of carboxylic acid groups (broad SMARTS) is 1. The van der Waals surface area contributed by atoms with E-state index < -0.39 is 5.97 Å². The van der Waals surface area contributed by atoms with Crippen molar-refractivity contribution in [2.75, 3.05) is 0 Å². The van der Waals surface area contributed by atoms with Crippen LogP contribution in [-0.4, -0.2) is 28.1 Å². The first-order valence-corrected chi connectivity index (χ1v) is 10.9. The number of aliphatic hydroxyl groups is 1. The number of carbonyl (C=O) groups excluding carboxylic acids is 1. The molecule has 27 heavy (non-hydrogen) atoms. The Kier molecular flexibility index (Phi) is 4.77. The fraction of sp³-hybridized carbons (Fsp3) is 0.826. The van der Waals surface area contributed by atoms with Crippen LogP contribution in [0.25, 0.3) is 0 Å². The maximum atomic E-state index is 12.0. The molecule has 0 bridgehead atoms. The molecule has 0 radical (unpaired) electrons. The summed E-state index contributed by atoms with van der Waals surface area (Å²) < 4.78 is 0. The van der Waals surface area contributed by atoms with Crippen molar-refractivity contribution >= 4 is 11.8 Å². The third-order valence-electron chi connectivity index (χ3n) is 9.12. The molecule has 3 saturated carbocycles. The van der Waals surface area contributed by atoms with Crippen molar-refractivity contribution in [3.05, 3.63) is 11.6 Å². The molecular formula is C23H34O4. The number of aliphatic carboxylic acids is 1. The van der Waals surface area contributed by atoms with Gasteiger partial charge in [-0.05, 0) is 91.9 Å². The van der Waals surface area contributed by atoms with Crippen LogP contribution in [0.5, 0.6) is 0 Å². The largest absolute Gasteiger partial charge is 0.481 e. The molecule has 150 valence electrons. The van der Waals surface area contributed by atoms with Crippen molar-refractivity contribution in [2.24, 2.45) is 34.5 Å². The third-order valence-corrected chi connectivity index (χ3v) is 9.12. The second kappa shape index (κ2) is 6.72. The molecule has 0 saturated heterocycles. The van der Waals surface area contributed by atoms with E-state index in [4.69, 9.17) is 5.11 Å². The van der Waals surface area contributed by atoms with Crippen LogP contribution in [0.2, 0.25) is 0 Å². The zero-order chi connectivity index (χ0) is 19.4. The van der Waals surface area contributed by atoms with Gasteiger partial charge in [0.05, 0.1) is 6.10 Å². The highest BCUT2D eigenvalue weighted by Gasteiger charge is 2.60. The summed E-state index contributed by atoms with van der Waals surface area (Å²) in [5.74, 6) is 1.48. The maximum absolute atomic E-state index is 12.0. The van der Waals surface area contributed by atoms with E-state index in [1.54, 1.807) is 0 Å². The molecule has 0 aliphatic heterocycles. The van der Waals surface area contributed by atoms with Crippen molar-refractivity contribution < 1.29 is 19.8 Å². The zero-order valence-electron chi connectivity index (χ0n) is 16.7. The molecular weight excluding hydrogens is 340 g/mol. The molecule has 7 unspecified atom stereocenters. The minimum Gasteiger partial charge on any atom is -0.481 e. The van der Waals surface area contributed by atoms with E-state index in [2.05, 4.69) is 13.8 Å². The van der Waals surface area contributed by atoms with Gasteiger partial charge < -0.3 is 10.2 Å². The molecule has 4 aliphatic rings. The lowest BCUT2D eigenvalue weighted by Crippen LogP contribution is -2.55. The van der Waals surface area contributed by atoms with Gasteiger partial charge >= 0.3 is 5.97 Å². The van der Waals surface area contributed by atoms with Gasteiger partial charge in [-0.3, -0.25) is 9.59 Å². The summed E-state index contributed by atoms with van der Waals surface area (Å²) in [6, 6.07) is 0. The summed E-state index contributed by atoms with van der Waals surface area (Å²) in [6.07, 6.45) is 10.5. The van der Waals surface area contributed by atoms with Gasteiger partial charge in [-0.15, -0.1) is 0 Å². The van der Waals surface area contributed by atoms with E-state index in [9.17, 15) is 14.7 Å². The van der Waals surface area contributed by atoms with Crippen LogP contribution >= 0.6 is 0 Å². The fourth-order valence-electron chi connectivity index (χ4n) is 7.61. The van der Waals surface area contributed by atoms with Gasteiger partial charge in [0.1, 0.15) is 0 Å². The highest BCUT2D eigenvalue weighted by atomic mass is 16.4. The predicted octanol–water partition coefficient (Wildman–Crippen LogP) is 4.36. The van der Waals surface area contributed by atoms with Crippen LogP contribution in [-0.2, 0) is 9.59 Å². The first-order valence-electron chi connectivity index (χ1n) is 10.9. The topological polar surface area (TPSA) is 74.6 Å². The molecule has 3 fully saturated rings. The fourth-order valence-corrected chi connectivity index (χ4v) is 7.61. The monoisotopic (exact) mass is 374 g/mol. The molecule has 7 atom stereocenters. The van der Waals surface area contributed by atoms with E-state index in [1.807, 2.05) is 6.08 Å². The third kappa shape index (κ3) is 2.99. The summed E-state index contributed by atoms with van der Waals surface area (Å²) in [6.45, 7) is 4.76. The Labute approximate surface area is 162 Å². The van der Waals surface area contributed by atoms with Gasteiger partial charge in [0.2, 0.25) is 0 Å². The second-order valence-corrected chi connectivity index (χ2v) is 10.2. The molecule has 0 spiro atoms. The predicted molar refractivity (Wildman–Crippen MR) is 103 cm³/mol. The van der Waals surface area contributed by atoms with E-state index in [0.29, 0.717) is 36.5 Å². The quantitative estimate of drug-likeness (QED) is 0.767. The van der Waals surface area contributed by atoms with Crippen LogP contribution in [0.4, 0.5) is 0 Å². The molecule has 0 aromatic rings. The number of hydrogen-bond acceptors (Lipinski definition) is 3. The summed E-state index contributed by atoms with van der Waals surface area (Å²) in [5.41, 5.74) is 1.52. The first kappa shape index (κ1) is 19.2. The van der Waals surface area contributed by atoms with Gasteiger partial charge in [-0.2, -0.15) is 0 Å². The lowest BCUT2D eigenvalue weighted by Gasteiger charge is -2.59. The molecule has 0 amide bonds. The van der Waals surface area contributed by atoms with E-state index in [0.717, 1.165) is 25.7 Å². The Hall–Kier alpha value is -1.16. The van der Waals surface area contributed by atoms with E-state index in [1.165, 1.54) is 24.8 Å². The van der Waals surface area contributed by atoms with Gasteiger partial charge in [0.25, 0.3) is 0 Å². The van der Waals surface area contributed by atoms with Crippen LogP contribution in [0.3, 0.4) is 0 Å². The van der Waals surface area contributed by atoms with E-state index >= 15 is 0 Å². The summed E-state index contributed by atoms with van der Waals surface area (Å²) >= 11 is 0. The minimum atomic E-state index is -0.694. The molecule has 2 N–H and O–H groups in total. The van der Waals surface area contributed by atoms with Crippen molar-refractivity contribution in [2.45, 2.75) is 84.2 Å². The number of aliphatic hydroxyl groups excluding tert-OH is 1. The number of carboxylic acids is 1. The average Bonchev–Trinajstić information content (AvgIpc) is 2.93. The van der Waals surface area contributed by atoms with Crippen LogP contribution < -0.4 is 0 Å². The van der Waals surface area contributed by atoms with Crippen molar-refractivity contribution in [1.29, 1.82) is 0 Å². The van der Waals surface area contributed by atoms with Crippen molar-refractivity contribution in [3.63, 3.8) is 0 Å². The number of carbonyl (C=O) groups is 2. The standard InChI is InChI=1S/C23H34O4/c1-22-11-9-18-21(17(22)7-6-14(22)4-3-5-20(26)27)19(25)13-15-12-16(24)8-10-23(15,18)2/h12,14,17-19,21,25H,3-11,13H2,1-2H3,(H,26,27). The average molecular weight is 375 g/mol. The summed E-state index contributed by atoms with van der Waals surface area (Å²) in [5, 5.41) is 20.1. The number of hydrogen-bond donors (Lipinski definition) is 2. The van der Waals surface area contributed by atoms with E-state index in [-0.39, 0.29) is 29.1 Å². The maximum Gasteiger partial charge on any atom is 0.303 e. The van der Waals surface area contributed by atoms with Crippen molar-refractivity contribution in [1.82, 2.24) is 0 Å². The molecule has 4 aliphatic carbocycles. The van der Waals surface area contributed by atoms with Crippen LogP contribution in [0.1, 0.15) is 78.1 Å². The Morgan fingerprint density at radius 1 is 1.19 bits per heavy atom. The lowest BCUT2D eigenvalue weighted by molar-refractivity contribution is -0.137.